The molecule has 0 fully saturated rings. The third-order valence-corrected chi connectivity index (χ3v) is 2.14. The molecule has 0 aliphatic carbocycles. The van der Waals surface area contributed by atoms with Gasteiger partial charge in [0, 0.05) is 11.8 Å². The van der Waals surface area contributed by atoms with Gasteiger partial charge in [-0.3, -0.25) is 4.98 Å². The van der Waals surface area contributed by atoms with E-state index >= 15 is 0 Å². The van der Waals surface area contributed by atoms with Crippen LogP contribution in [0.4, 0.5) is 26.3 Å². The molecule has 102 valence electrons. The van der Waals surface area contributed by atoms with Crippen LogP contribution in [0.15, 0.2) is 18.5 Å². The van der Waals surface area contributed by atoms with Gasteiger partial charge in [0.15, 0.2) is 0 Å². The lowest BCUT2D eigenvalue weighted by Crippen LogP contribution is -2.46. The van der Waals surface area contributed by atoms with E-state index in [0.717, 1.165) is 6.20 Å². The molecule has 9 heteroatoms. The highest BCUT2D eigenvalue weighted by atomic mass is 35.5. The second-order valence-corrected chi connectivity index (χ2v) is 3.47. The van der Waals surface area contributed by atoms with Crippen LogP contribution in [0.3, 0.4) is 0 Å². The van der Waals surface area contributed by atoms with Gasteiger partial charge < -0.3 is 4.74 Å². The number of aromatic nitrogens is 1. The van der Waals surface area contributed by atoms with Crippen molar-refractivity contribution in [1.82, 2.24) is 4.98 Å². The predicted octanol–water partition coefficient (Wildman–Crippen LogP) is 3.69. The summed E-state index contributed by atoms with van der Waals surface area (Å²) in [4.78, 5) is 3.39. The number of pyridine rings is 1. The molecule has 0 aliphatic heterocycles. The van der Waals surface area contributed by atoms with Gasteiger partial charge in [0.1, 0.15) is 5.75 Å². The number of hydrogen-bond donors (Lipinski definition) is 0. The van der Waals surface area contributed by atoms with Crippen molar-refractivity contribution in [1.29, 1.82) is 0 Å². The Bertz CT molecular complexity index is 391. The van der Waals surface area contributed by atoms with Crippen LogP contribution in [0.2, 0.25) is 0 Å². The summed E-state index contributed by atoms with van der Waals surface area (Å²) in [5.74, 6) is -0.938. The average Bonchev–Trinajstić information content (AvgIpc) is 2.23. The van der Waals surface area contributed by atoms with Crippen molar-refractivity contribution in [2.75, 3.05) is 0 Å². The van der Waals surface area contributed by atoms with E-state index in [0.29, 0.717) is 0 Å². The lowest BCUT2D eigenvalue weighted by molar-refractivity contribution is -0.300. The molecule has 1 aromatic rings. The Kier molecular flexibility index (Phi) is 4.31. The van der Waals surface area contributed by atoms with E-state index in [4.69, 9.17) is 11.6 Å². The van der Waals surface area contributed by atoms with Gasteiger partial charge in [-0.1, -0.05) is 0 Å². The monoisotopic (exact) mass is 293 g/mol. The third kappa shape index (κ3) is 3.66. The zero-order chi connectivity index (χ0) is 14.0. The fourth-order valence-corrected chi connectivity index (χ4v) is 1.29. The van der Waals surface area contributed by atoms with Gasteiger partial charge in [-0.2, -0.15) is 26.3 Å². The molecule has 18 heavy (non-hydrogen) atoms. The number of hydrogen-bond acceptors (Lipinski definition) is 2. The van der Waals surface area contributed by atoms with Crippen LogP contribution in [0.5, 0.6) is 5.75 Å². The molecule has 1 rings (SSSR count). The minimum Gasteiger partial charge on any atom is -0.469 e. The largest absolute Gasteiger partial charge is 0.469 e. The average molecular weight is 294 g/mol. The summed E-state index contributed by atoms with van der Waals surface area (Å²) >= 11 is 5.37. The first-order valence-electron chi connectivity index (χ1n) is 4.45. The van der Waals surface area contributed by atoms with Crippen LogP contribution in [-0.2, 0) is 5.88 Å². The van der Waals surface area contributed by atoms with Crippen molar-refractivity contribution in [3.63, 3.8) is 0 Å². The van der Waals surface area contributed by atoms with E-state index in [9.17, 15) is 26.3 Å². The van der Waals surface area contributed by atoms with E-state index in [1.807, 2.05) is 0 Å². The van der Waals surface area contributed by atoms with E-state index in [1.54, 1.807) is 0 Å². The Morgan fingerprint density at radius 3 is 2.17 bits per heavy atom. The number of ether oxygens (including phenoxy) is 1. The quantitative estimate of drug-likeness (QED) is 0.626. The van der Waals surface area contributed by atoms with Gasteiger partial charge in [0.05, 0.1) is 12.1 Å². The van der Waals surface area contributed by atoms with Crippen molar-refractivity contribution >= 4 is 11.6 Å². The number of halogens is 7. The molecule has 2 nitrogen and oxygen atoms in total. The highest BCUT2D eigenvalue weighted by Gasteiger charge is 2.59. The van der Waals surface area contributed by atoms with E-state index in [2.05, 4.69) is 9.72 Å². The molecule has 0 saturated heterocycles. The van der Waals surface area contributed by atoms with Crippen molar-refractivity contribution in [3.05, 3.63) is 24.0 Å². The molecule has 1 aromatic heterocycles. The lowest BCUT2D eigenvalue weighted by atomic mass is 10.2. The first-order chi connectivity index (χ1) is 8.16. The van der Waals surface area contributed by atoms with Crippen molar-refractivity contribution in [3.8, 4) is 5.75 Å². The molecular weight excluding hydrogens is 288 g/mol. The first-order valence-corrected chi connectivity index (χ1v) is 4.98. The molecule has 0 spiro atoms. The second-order valence-electron chi connectivity index (χ2n) is 3.20. The third-order valence-electron chi connectivity index (χ3n) is 1.85. The van der Waals surface area contributed by atoms with Gasteiger partial charge in [0.25, 0.3) is 6.10 Å². The second kappa shape index (κ2) is 5.21. The fraction of sp³-hybridized carbons (Fsp3) is 0.444. The van der Waals surface area contributed by atoms with Crippen LogP contribution in [0.1, 0.15) is 5.56 Å². The molecule has 0 unspecified atom stereocenters. The number of rotatable bonds is 3. The molecule has 0 radical (unpaired) electrons. The Labute approximate surface area is 103 Å². The molecule has 0 aromatic carbocycles. The molecule has 0 atom stereocenters. The Hall–Kier alpha value is -1.18. The maximum Gasteiger partial charge on any atom is 0.434 e. The predicted molar refractivity (Wildman–Crippen MR) is 50.3 cm³/mol. The summed E-state index contributed by atoms with van der Waals surface area (Å²) in [6.45, 7) is 0. The Morgan fingerprint density at radius 2 is 1.72 bits per heavy atom. The van der Waals surface area contributed by atoms with Crippen molar-refractivity contribution in [2.45, 2.75) is 24.3 Å². The molecular formula is C9H6ClF6NO. The number of alkyl halides is 7. The van der Waals surface area contributed by atoms with Crippen molar-refractivity contribution in [2.24, 2.45) is 0 Å². The smallest absolute Gasteiger partial charge is 0.434 e. The minimum atomic E-state index is -5.57. The topological polar surface area (TPSA) is 22.1 Å². The first kappa shape index (κ1) is 14.9. The summed E-state index contributed by atoms with van der Waals surface area (Å²) in [6.07, 6.45) is -13.1. The lowest BCUT2D eigenvalue weighted by Gasteiger charge is -2.24. The minimum absolute atomic E-state index is 0.00910. The van der Waals surface area contributed by atoms with Gasteiger partial charge in [-0.25, -0.2) is 0 Å². The summed E-state index contributed by atoms with van der Waals surface area (Å²) in [7, 11) is 0. The maximum atomic E-state index is 12.2. The molecule has 1 heterocycles. The normalized spacial score (nSPS) is 12.9. The highest BCUT2D eigenvalue weighted by Crippen LogP contribution is 2.37. The molecule has 0 bridgehead atoms. The Balaban J connectivity index is 3.05. The van der Waals surface area contributed by atoms with Crippen molar-refractivity contribution < 1.29 is 31.1 Å². The zero-order valence-electron chi connectivity index (χ0n) is 8.52. The van der Waals surface area contributed by atoms with Crippen LogP contribution in [0.25, 0.3) is 0 Å². The molecule has 0 saturated carbocycles. The molecule has 0 N–H and O–H groups in total. The molecule has 0 amide bonds. The SMILES string of the molecule is FC(F)(F)C(Oc1cnccc1CCl)C(F)(F)F. The number of nitrogens with zero attached hydrogens (tertiary/aromatic N) is 1. The highest BCUT2D eigenvalue weighted by molar-refractivity contribution is 6.17. The van der Waals surface area contributed by atoms with Gasteiger partial charge in [-0.15, -0.1) is 11.6 Å². The van der Waals surface area contributed by atoms with E-state index in [-0.39, 0.29) is 11.4 Å². The van der Waals surface area contributed by atoms with Crippen LogP contribution < -0.4 is 4.74 Å². The summed E-state index contributed by atoms with van der Waals surface area (Å²) in [6, 6.07) is 1.17. The molecule has 0 aliphatic rings. The standard InChI is InChI=1S/C9H6ClF6NO/c10-3-5-1-2-17-4-6(5)18-7(8(11,12)13)9(14,15)16/h1-2,4,7H,3H2. The van der Waals surface area contributed by atoms with Gasteiger partial charge in [0.2, 0.25) is 0 Å². The van der Waals surface area contributed by atoms with Gasteiger partial charge >= 0.3 is 12.4 Å². The summed E-state index contributed by atoms with van der Waals surface area (Å²) in [5.41, 5.74) is -0.00910. The summed E-state index contributed by atoms with van der Waals surface area (Å²) < 4.78 is 77.4. The zero-order valence-corrected chi connectivity index (χ0v) is 9.27. The summed E-state index contributed by atoms with van der Waals surface area (Å²) in [5, 5.41) is 0. The fourth-order valence-electron chi connectivity index (χ4n) is 1.07. The van der Waals surface area contributed by atoms with E-state index in [1.165, 1.54) is 12.3 Å². The van der Waals surface area contributed by atoms with Gasteiger partial charge in [-0.05, 0) is 6.07 Å². The van der Waals surface area contributed by atoms with Crippen LogP contribution in [0, 0.1) is 0 Å². The maximum absolute atomic E-state index is 12.2. The van der Waals surface area contributed by atoms with Crippen LogP contribution >= 0.6 is 11.6 Å². The van der Waals surface area contributed by atoms with Crippen LogP contribution in [-0.4, -0.2) is 23.4 Å². The Morgan fingerprint density at radius 1 is 1.17 bits per heavy atom. The van der Waals surface area contributed by atoms with E-state index < -0.39 is 24.2 Å².